The van der Waals surface area contributed by atoms with Gasteiger partial charge in [0.2, 0.25) is 5.91 Å². The first-order valence-electron chi connectivity index (χ1n) is 4.97. The molecular formula is C9H17N5O. The van der Waals surface area contributed by atoms with Gasteiger partial charge in [-0.3, -0.25) is 9.89 Å². The molecular weight excluding hydrogens is 194 g/mol. The maximum atomic E-state index is 11.5. The van der Waals surface area contributed by atoms with E-state index >= 15 is 0 Å². The Hall–Kier alpha value is -1.43. The maximum Gasteiger partial charge on any atom is 0.239 e. The summed E-state index contributed by atoms with van der Waals surface area (Å²) in [5, 5.41) is 9.19. The van der Waals surface area contributed by atoms with E-state index in [0.29, 0.717) is 19.4 Å². The number of hydrogen-bond donors (Lipinski definition) is 3. The highest BCUT2D eigenvalue weighted by molar-refractivity contribution is 5.85. The van der Waals surface area contributed by atoms with Gasteiger partial charge in [-0.2, -0.15) is 5.10 Å². The monoisotopic (exact) mass is 211 g/mol. The molecule has 0 radical (unpaired) electrons. The van der Waals surface area contributed by atoms with Crippen LogP contribution < -0.4 is 11.1 Å². The summed E-state index contributed by atoms with van der Waals surface area (Å²) in [5.74, 6) is 0.620. The lowest BCUT2D eigenvalue weighted by atomic mass is 10.00. The minimum atomic E-state index is -0.790. The van der Waals surface area contributed by atoms with Gasteiger partial charge in [0.1, 0.15) is 12.2 Å². The molecule has 0 bridgehead atoms. The Morgan fingerprint density at radius 3 is 3.00 bits per heavy atom. The molecule has 0 fully saturated rings. The van der Waals surface area contributed by atoms with Crippen molar-refractivity contribution < 1.29 is 4.79 Å². The Bertz CT molecular complexity index is 306. The van der Waals surface area contributed by atoms with Gasteiger partial charge in [-0.05, 0) is 13.3 Å². The third kappa shape index (κ3) is 3.32. The second-order valence-corrected chi connectivity index (χ2v) is 3.71. The average molecular weight is 211 g/mol. The van der Waals surface area contributed by atoms with Crippen molar-refractivity contribution in [2.24, 2.45) is 5.73 Å². The Balaban J connectivity index is 2.29. The van der Waals surface area contributed by atoms with E-state index in [4.69, 9.17) is 5.73 Å². The number of H-pyrrole nitrogens is 1. The molecule has 0 spiro atoms. The molecule has 15 heavy (non-hydrogen) atoms. The Labute approximate surface area is 88.7 Å². The van der Waals surface area contributed by atoms with Crippen molar-refractivity contribution >= 4 is 5.91 Å². The molecule has 6 nitrogen and oxygen atoms in total. The van der Waals surface area contributed by atoms with Crippen LogP contribution >= 0.6 is 0 Å². The highest BCUT2D eigenvalue weighted by Crippen LogP contribution is 2.03. The van der Waals surface area contributed by atoms with E-state index < -0.39 is 5.54 Å². The summed E-state index contributed by atoms with van der Waals surface area (Å²) in [6.07, 6.45) is 2.68. The number of nitrogens with zero attached hydrogens (tertiary/aromatic N) is 2. The molecule has 1 aromatic heterocycles. The Kier molecular flexibility index (Phi) is 3.79. The number of rotatable bonds is 5. The first-order chi connectivity index (χ1) is 7.06. The summed E-state index contributed by atoms with van der Waals surface area (Å²) in [5.41, 5.74) is 4.98. The zero-order valence-corrected chi connectivity index (χ0v) is 9.08. The predicted octanol–water partition coefficient (Wildman–Crippen LogP) is -0.409. The first-order valence-corrected chi connectivity index (χ1v) is 4.97. The zero-order chi connectivity index (χ0) is 11.3. The van der Waals surface area contributed by atoms with E-state index in [0.717, 1.165) is 5.82 Å². The predicted molar refractivity (Wildman–Crippen MR) is 56.0 cm³/mol. The molecule has 84 valence electrons. The van der Waals surface area contributed by atoms with E-state index in [1.54, 1.807) is 6.92 Å². The van der Waals surface area contributed by atoms with Crippen molar-refractivity contribution in [3.63, 3.8) is 0 Å². The summed E-state index contributed by atoms with van der Waals surface area (Å²) < 4.78 is 0. The number of hydrogen-bond acceptors (Lipinski definition) is 4. The molecule has 0 aromatic carbocycles. The molecule has 1 aromatic rings. The van der Waals surface area contributed by atoms with E-state index in [1.165, 1.54) is 6.33 Å². The van der Waals surface area contributed by atoms with Crippen LogP contribution in [0.25, 0.3) is 0 Å². The molecule has 1 rings (SSSR count). The highest BCUT2D eigenvalue weighted by Gasteiger charge is 2.25. The molecule has 1 heterocycles. The topological polar surface area (TPSA) is 96.7 Å². The van der Waals surface area contributed by atoms with Crippen molar-refractivity contribution in [2.45, 2.75) is 32.2 Å². The molecule has 1 amide bonds. The standard InChI is InChI=1S/C9H17N5O/c1-3-9(2,10)8(15)11-5-4-7-12-6-13-14-7/h6H,3-5,10H2,1-2H3,(H,11,15)(H,12,13,14). The number of carbonyl (C=O) groups is 1. The van der Waals surface area contributed by atoms with Gasteiger partial charge < -0.3 is 11.1 Å². The van der Waals surface area contributed by atoms with Gasteiger partial charge in [0, 0.05) is 13.0 Å². The SMILES string of the molecule is CCC(C)(N)C(=O)NCCc1ncn[nH]1. The highest BCUT2D eigenvalue weighted by atomic mass is 16.2. The normalized spacial score (nSPS) is 14.6. The first kappa shape index (κ1) is 11.6. The number of aromatic amines is 1. The zero-order valence-electron chi connectivity index (χ0n) is 9.08. The van der Waals surface area contributed by atoms with Crippen LogP contribution in [-0.4, -0.2) is 33.2 Å². The number of nitrogens with two attached hydrogens (primary N) is 1. The van der Waals surface area contributed by atoms with Crippen molar-refractivity contribution in [1.29, 1.82) is 0 Å². The lowest BCUT2D eigenvalue weighted by Gasteiger charge is -2.21. The van der Waals surface area contributed by atoms with Crippen LogP contribution in [0.2, 0.25) is 0 Å². The molecule has 4 N–H and O–H groups in total. The van der Waals surface area contributed by atoms with Gasteiger partial charge in [0.05, 0.1) is 5.54 Å². The third-order valence-electron chi connectivity index (χ3n) is 2.37. The average Bonchev–Trinajstić information content (AvgIpc) is 2.70. The van der Waals surface area contributed by atoms with Crippen LogP contribution in [0.3, 0.4) is 0 Å². The fourth-order valence-electron chi connectivity index (χ4n) is 1.01. The Morgan fingerprint density at radius 1 is 1.73 bits per heavy atom. The third-order valence-corrected chi connectivity index (χ3v) is 2.37. The van der Waals surface area contributed by atoms with Gasteiger partial charge in [0.25, 0.3) is 0 Å². The summed E-state index contributed by atoms with van der Waals surface area (Å²) >= 11 is 0. The van der Waals surface area contributed by atoms with Gasteiger partial charge in [0.15, 0.2) is 0 Å². The van der Waals surface area contributed by atoms with Gasteiger partial charge >= 0.3 is 0 Å². The summed E-state index contributed by atoms with van der Waals surface area (Å²) in [6, 6.07) is 0. The minimum Gasteiger partial charge on any atom is -0.354 e. The molecule has 1 atom stereocenters. The molecule has 6 heteroatoms. The van der Waals surface area contributed by atoms with Crippen LogP contribution in [-0.2, 0) is 11.2 Å². The fraction of sp³-hybridized carbons (Fsp3) is 0.667. The molecule has 0 saturated heterocycles. The van der Waals surface area contributed by atoms with Crippen molar-refractivity contribution in [1.82, 2.24) is 20.5 Å². The van der Waals surface area contributed by atoms with Gasteiger partial charge in [-0.15, -0.1) is 0 Å². The minimum absolute atomic E-state index is 0.135. The van der Waals surface area contributed by atoms with Crippen molar-refractivity contribution in [3.8, 4) is 0 Å². The number of nitrogens with one attached hydrogen (secondary N) is 2. The van der Waals surface area contributed by atoms with E-state index in [-0.39, 0.29) is 5.91 Å². The maximum absolute atomic E-state index is 11.5. The largest absolute Gasteiger partial charge is 0.354 e. The van der Waals surface area contributed by atoms with Crippen molar-refractivity contribution in [3.05, 3.63) is 12.2 Å². The van der Waals surface area contributed by atoms with E-state index in [2.05, 4.69) is 20.5 Å². The smallest absolute Gasteiger partial charge is 0.239 e. The van der Waals surface area contributed by atoms with Crippen LogP contribution in [0.15, 0.2) is 6.33 Å². The molecule has 0 aliphatic carbocycles. The lowest BCUT2D eigenvalue weighted by molar-refractivity contribution is -0.125. The van der Waals surface area contributed by atoms with Gasteiger partial charge in [-0.25, -0.2) is 4.98 Å². The molecule has 1 unspecified atom stereocenters. The van der Waals surface area contributed by atoms with Crippen LogP contribution in [0.1, 0.15) is 26.1 Å². The number of carbonyl (C=O) groups excluding carboxylic acids is 1. The quantitative estimate of drug-likeness (QED) is 0.617. The fourth-order valence-corrected chi connectivity index (χ4v) is 1.01. The summed E-state index contributed by atoms with van der Waals surface area (Å²) in [4.78, 5) is 15.5. The number of aromatic nitrogens is 3. The molecule has 0 saturated carbocycles. The number of amides is 1. The van der Waals surface area contributed by atoms with E-state index in [1.807, 2.05) is 6.92 Å². The van der Waals surface area contributed by atoms with E-state index in [9.17, 15) is 4.79 Å². The summed E-state index contributed by atoms with van der Waals surface area (Å²) in [7, 11) is 0. The van der Waals surface area contributed by atoms with Crippen LogP contribution in [0.4, 0.5) is 0 Å². The van der Waals surface area contributed by atoms with Crippen LogP contribution in [0, 0.1) is 0 Å². The second kappa shape index (κ2) is 4.88. The Morgan fingerprint density at radius 2 is 2.47 bits per heavy atom. The molecule has 0 aliphatic heterocycles. The van der Waals surface area contributed by atoms with Crippen molar-refractivity contribution in [2.75, 3.05) is 6.54 Å². The molecule has 0 aliphatic rings. The summed E-state index contributed by atoms with van der Waals surface area (Å²) in [6.45, 7) is 4.12. The second-order valence-electron chi connectivity index (χ2n) is 3.71. The van der Waals surface area contributed by atoms with Crippen LogP contribution in [0.5, 0.6) is 0 Å². The lowest BCUT2D eigenvalue weighted by Crippen LogP contribution is -2.51. The van der Waals surface area contributed by atoms with Gasteiger partial charge in [-0.1, -0.05) is 6.92 Å².